The van der Waals surface area contributed by atoms with Crippen LogP contribution in [0.4, 0.5) is 19.7 Å². The molecule has 0 aromatic heterocycles. The fraction of sp³-hybridized carbons (Fsp3) is 0.370. The van der Waals surface area contributed by atoms with Gasteiger partial charge in [-0.15, -0.1) is 0 Å². The van der Waals surface area contributed by atoms with Crippen molar-refractivity contribution in [1.29, 1.82) is 0 Å². The molecule has 2 atom stereocenters. The van der Waals surface area contributed by atoms with Gasteiger partial charge in [-0.1, -0.05) is 30.3 Å². The number of likely N-dealkylation sites (N-methyl/N-ethyl adjacent to an activating group) is 1. The highest BCUT2D eigenvalue weighted by atomic mass is 19.1. The van der Waals surface area contributed by atoms with Crippen molar-refractivity contribution in [2.24, 2.45) is 0 Å². The standard InChI is InChI=1S/C27H32FN5O4/c1-4-37-25(34)23-22(31(3)26(35)30-24(23)19-10-12-20(28)13-11-19)17-32-14-15-33(18(2)16-32)27(36)29-21-8-6-5-7-9-21/h5-13,18,24H,4,14-17H2,1-3H3,(H,29,36)(H,30,35)/t18-,24-/m0/s1. The fourth-order valence-corrected chi connectivity index (χ4v) is 4.71. The van der Waals surface area contributed by atoms with Gasteiger partial charge >= 0.3 is 18.0 Å². The van der Waals surface area contributed by atoms with Crippen LogP contribution in [0, 0.1) is 5.82 Å². The quantitative estimate of drug-likeness (QED) is 0.581. The number of halogens is 1. The topological polar surface area (TPSA) is 94.2 Å². The van der Waals surface area contributed by atoms with E-state index in [1.807, 2.05) is 37.3 Å². The molecule has 2 aromatic carbocycles. The maximum atomic E-state index is 13.6. The summed E-state index contributed by atoms with van der Waals surface area (Å²) in [4.78, 5) is 44.2. The van der Waals surface area contributed by atoms with Gasteiger partial charge in [0.25, 0.3) is 0 Å². The Morgan fingerprint density at radius 1 is 1.11 bits per heavy atom. The first-order valence-electron chi connectivity index (χ1n) is 12.3. The van der Waals surface area contributed by atoms with E-state index >= 15 is 0 Å². The number of hydrogen-bond donors (Lipinski definition) is 2. The van der Waals surface area contributed by atoms with Gasteiger partial charge in [0.2, 0.25) is 0 Å². The molecular formula is C27H32FN5O4. The number of rotatable bonds is 6. The number of amides is 4. The van der Waals surface area contributed by atoms with Gasteiger partial charge in [0.1, 0.15) is 5.82 Å². The normalized spacial score (nSPS) is 20.5. The Balaban J connectivity index is 1.55. The van der Waals surface area contributed by atoms with Gasteiger partial charge in [-0.25, -0.2) is 18.8 Å². The minimum absolute atomic E-state index is 0.0975. The third-order valence-electron chi connectivity index (χ3n) is 6.65. The molecule has 0 bridgehead atoms. The zero-order valence-electron chi connectivity index (χ0n) is 21.2. The molecule has 0 unspecified atom stereocenters. The maximum absolute atomic E-state index is 13.6. The summed E-state index contributed by atoms with van der Waals surface area (Å²) in [7, 11) is 1.61. The third-order valence-corrected chi connectivity index (χ3v) is 6.65. The van der Waals surface area contributed by atoms with Crippen LogP contribution in [0.15, 0.2) is 65.9 Å². The number of esters is 1. The molecule has 0 radical (unpaired) electrons. The van der Waals surface area contributed by atoms with Crippen LogP contribution >= 0.6 is 0 Å². The number of hydrogen-bond acceptors (Lipinski definition) is 5. The molecule has 37 heavy (non-hydrogen) atoms. The van der Waals surface area contributed by atoms with Crippen LogP contribution in [0.25, 0.3) is 0 Å². The summed E-state index contributed by atoms with van der Waals surface area (Å²) in [6.07, 6.45) is 0. The summed E-state index contributed by atoms with van der Waals surface area (Å²) in [5.41, 5.74) is 2.14. The van der Waals surface area contributed by atoms with E-state index in [1.165, 1.54) is 17.0 Å². The van der Waals surface area contributed by atoms with E-state index in [2.05, 4.69) is 15.5 Å². The molecule has 2 aliphatic heterocycles. The highest BCUT2D eigenvalue weighted by molar-refractivity contribution is 5.95. The maximum Gasteiger partial charge on any atom is 0.338 e. The van der Waals surface area contributed by atoms with Gasteiger partial charge < -0.3 is 20.3 Å². The highest BCUT2D eigenvalue weighted by Gasteiger charge is 2.38. The lowest BCUT2D eigenvalue weighted by atomic mass is 9.94. The molecule has 10 heteroatoms. The number of nitrogens with zero attached hydrogens (tertiary/aromatic N) is 3. The molecule has 2 aromatic rings. The van der Waals surface area contributed by atoms with Crippen molar-refractivity contribution in [2.75, 3.05) is 45.2 Å². The van der Waals surface area contributed by atoms with E-state index in [0.29, 0.717) is 43.0 Å². The van der Waals surface area contributed by atoms with E-state index in [9.17, 15) is 18.8 Å². The van der Waals surface area contributed by atoms with Crippen LogP contribution in [-0.2, 0) is 9.53 Å². The van der Waals surface area contributed by atoms with E-state index in [1.54, 1.807) is 31.0 Å². The molecule has 1 saturated heterocycles. The highest BCUT2D eigenvalue weighted by Crippen LogP contribution is 2.32. The van der Waals surface area contributed by atoms with Crippen LogP contribution in [0.1, 0.15) is 25.5 Å². The first-order chi connectivity index (χ1) is 17.8. The summed E-state index contributed by atoms with van der Waals surface area (Å²) in [5.74, 6) is -0.944. The van der Waals surface area contributed by atoms with E-state index in [4.69, 9.17) is 4.74 Å². The van der Waals surface area contributed by atoms with E-state index in [0.717, 1.165) is 5.69 Å². The third kappa shape index (κ3) is 5.91. The monoisotopic (exact) mass is 509 g/mol. The largest absolute Gasteiger partial charge is 0.463 e. The predicted molar refractivity (Wildman–Crippen MR) is 137 cm³/mol. The number of ether oxygens (including phenoxy) is 1. The average molecular weight is 510 g/mol. The fourth-order valence-electron chi connectivity index (χ4n) is 4.71. The minimum Gasteiger partial charge on any atom is -0.463 e. The minimum atomic E-state index is -0.770. The zero-order valence-corrected chi connectivity index (χ0v) is 21.2. The van der Waals surface area contributed by atoms with Gasteiger partial charge in [0.05, 0.1) is 18.2 Å². The second kappa shape index (κ2) is 11.4. The molecule has 9 nitrogen and oxygen atoms in total. The summed E-state index contributed by atoms with van der Waals surface area (Å²) in [6.45, 7) is 5.78. The van der Waals surface area contributed by atoms with Gasteiger partial charge in [0, 0.05) is 50.7 Å². The number of urea groups is 2. The lowest BCUT2D eigenvalue weighted by Gasteiger charge is -2.42. The Morgan fingerprint density at radius 3 is 2.46 bits per heavy atom. The molecule has 2 N–H and O–H groups in total. The number of anilines is 1. The number of carbonyl (C=O) groups excluding carboxylic acids is 3. The Morgan fingerprint density at radius 2 is 1.81 bits per heavy atom. The van der Waals surface area contributed by atoms with Crippen molar-refractivity contribution in [2.45, 2.75) is 25.9 Å². The van der Waals surface area contributed by atoms with Crippen LogP contribution in [0.2, 0.25) is 0 Å². The molecule has 0 spiro atoms. The number of piperazine rings is 1. The first kappa shape index (κ1) is 26.2. The van der Waals surface area contributed by atoms with Gasteiger partial charge in [-0.05, 0) is 43.7 Å². The molecule has 4 amide bonds. The summed E-state index contributed by atoms with van der Waals surface area (Å²) < 4.78 is 18.9. The number of carbonyl (C=O) groups is 3. The van der Waals surface area contributed by atoms with Crippen molar-refractivity contribution in [3.63, 3.8) is 0 Å². The van der Waals surface area contributed by atoms with Crippen molar-refractivity contribution >= 4 is 23.7 Å². The van der Waals surface area contributed by atoms with Crippen molar-refractivity contribution < 1.29 is 23.5 Å². The Kier molecular flexibility index (Phi) is 8.08. The molecule has 1 fully saturated rings. The van der Waals surface area contributed by atoms with Crippen LogP contribution in [0.5, 0.6) is 0 Å². The Labute approximate surface area is 215 Å². The molecule has 2 heterocycles. The lowest BCUT2D eigenvalue weighted by molar-refractivity contribution is -0.139. The Hall–Kier alpha value is -3.92. The second-order valence-corrected chi connectivity index (χ2v) is 9.15. The van der Waals surface area contributed by atoms with Crippen LogP contribution < -0.4 is 10.6 Å². The second-order valence-electron chi connectivity index (χ2n) is 9.15. The summed E-state index contributed by atoms with van der Waals surface area (Å²) >= 11 is 0. The number of para-hydroxylation sites is 1. The summed E-state index contributed by atoms with van der Waals surface area (Å²) in [6, 6.07) is 13.6. The van der Waals surface area contributed by atoms with Crippen molar-refractivity contribution in [3.05, 3.63) is 77.2 Å². The van der Waals surface area contributed by atoms with Gasteiger partial charge in [0.15, 0.2) is 0 Å². The molecule has 4 rings (SSSR count). The van der Waals surface area contributed by atoms with Gasteiger partial charge in [-0.2, -0.15) is 0 Å². The predicted octanol–water partition coefficient (Wildman–Crippen LogP) is 3.58. The number of benzene rings is 2. The molecule has 196 valence electrons. The average Bonchev–Trinajstić information content (AvgIpc) is 2.88. The molecule has 2 aliphatic rings. The van der Waals surface area contributed by atoms with Crippen molar-refractivity contribution in [1.82, 2.24) is 20.0 Å². The van der Waals surface area contributed by atoms with Gasteiger partial charge in [-0.3, -0.25) is 9.80 Å². The lowest BCUT2D eigenvalue weighted by Crippen LogP contribution is -2.56. The Bertz CT molecular complexity index is 1170. The summed E-state index contributed by atoms with van der Waals surface area (Å²) in [5, 5.41) is 5.76. The van der Waals surface area contributed by atoms with E-state index in [-0.39, 0.29) is 24.7 Å². The molecule has 0 saturated carbocycles. The van der Waals surface area contributed by atoms with Crippen LogP contribution in [0.3, 0.4) is 0 Å². The SMILES string of the molecule is CCOC(=O)C1=C(CN2CCN(C(=O)Nc3ccccc3)[C@@H](C)C2)N(C)C(=O)N[C@H]1c1ccc(F)cc1. The number of nitrogens with one attached hydrogen (secondary N) is 2. The zero-order chi connectivity index (χ0) is 26.5. The molecule has 0 aliphatic carbocycles. The van der Waals surface area contributed by atoms with Crippen LogP contribution in [-0.4, -0.2) is 78.6 Å². The van der Waals surface area contributed by atoms with Crippen molar-refractivity contribution in [3.8, 4) is 0 Å². The smallest absolute Gasteiger partial charge is 0.338 e. The first-order valence-corrected chi connectivity index (χ1v) is 12.3. The van der Waals surface area contributed by atoms with E-state index < -0.39 is 17.8 Å². The molecular weight excluding hydrogens is 477 g/mol.